The Bertz CT molecular complexity index is 1030. The highest BCUT2D eigenvalue weighted by molar-refractivity contribution is 5.92. The quantitative estimate of drug-likeness (QED) is 0.397. The van der Waals surface area contributed by atoms with Gasteiger partial charge in [0.15, 0.2) is 11.5 Å². The Kier molecular flexibility index (Phi) is 4.75. The van der Waals surface area contributed by atoms with E-state index in [0.717, 1.165) is 12.3 Å². The van der Waals surface area contributed by atoms with E-state index < -0.39 is 21.6 Å². The van der Waals surface area contributed by atoms with Gasteiger partial charge in [-0.05, 0) is 30.3 Å². The van der Waals surface area contributed by atoms with E-state index in [-0.39, 0.29) is 17.2 Å². The van der Waals surface area contributed by atoms with E-state index in [0.29, 0.717) is 11.3 Å². The third kappa shape index (κ3) is 4.04. The van der Waals surface area contributed by atoms with Gasteiger partial charge in [0.25, 0.3) is 5.69 Å². The molecule has 0 spiro atoms. The lowest BCUT2D eigenvalue weighted by Gasteiger charge is -1.97. The van der Waals surface area contributed by atoms with E-state index in [4.69, 9.17) is 8.83 Å². The number of furan rings is 2. The molecule has 11 heteroatoms. The highest BCUT2D eigenvalue weighted by Gasteiger charge is 2.13. The minimum atomic E-state index is -0.696. The number of nitro benzene ring substituents is 1. The highest BCUT2D eigenvalue weighted by Crippen LogP contribution is 2.24. The molecule has 136 valence electrons. The number of hydrazone groups is 1. The number of nitro groups is 2. The summed E-state index contributed by atoms with van der Waals surface area (Å²) in [6.45, 7) is 0. The van der Waals surface area contributed by atoms with Crippen LogP contribution in [0.3, 0.4) is 0 Å². The Hall–Kier alpha value is -4.28. The van der Waals surface area contributed by atoms with E-state index in [1.54, 1.807) is 0 Å². The third-order valence-electron chi connectivity index (χ3n) is 3.34. The molecule has 3 aromatic rings. The summed E-state index contributed by atoms with van der Waals surface area (Å²) in [6, 6.07) is 11.1. The summed E-state index contributed by atoms with van der Waals surface area (Å²) in [5.41, 5.74) is 2.69. The van der Waals surface area contributed by atoms with Crippen molar-refractivity contribution in [3.8, 4) is 11.3 Å². The van der Waals surface area contributed by atoms with Crippen molar-refractivity contribution in [2.45, 2.75) is 0 Å². The molecule has 1 aromatic carbocycles. The van der Waals surface area contributed by atoms with Gasteiger partial charge in [-0.15, -0.1) is 0 Å². The number of carbonyl (C=O) groups excluding carboxylic acids is 1. The second kappa shape index (κ2) is 7.31. The summed E-state index contributed by atoms with van der Waals surface area (Å²) in [4.78, 5) is 31.9. The molecule has 0 saturated heterocycles. The number of nitrogens with zero attached hydrogens (tertiary/aromatic N) is 3. The standard InChI is InChI=1S/C16H10N4O7/c21-16(18-17-9-12-5-8-15(26-12)20(24)25)14-7-6-13(27-14)10-1-3-11(4-2-10)19(22)23/h1-9H,(H,18,21)/b17-9+. The number of non-ortho nitro benzene ring substituents is 1. The fraction of sp³-hybridized carbons (Fsp3) is 0. The zero-order chi connectivity index (χ0) is 19.4. The number of benzene rings is 1. The molecule has 1 amide bonds. The van der Waals surface area contributed by atoms with Gasteiger partial charge >= 0.3 is 11.8 Å². The lowest BCUT2D eigenvalue weighted by atomic mass is 10.1. The topological polar surface area (TPSA) is 154 Å². The normalized spacial score (nSPS) is 10.8. The van der Waals surface area contributed by atoms with Crippen molar-refractivity contribution in [1.29, 1.82) is 0 Å². The molecule has 2 aromatic heterocycles. The number of hydrogen-bond donors (Lipinski definition) is 1. The van der Waals surface area contributed by atoms with Crippen LogP contribution in [0.1, 0.15) is 16.3 Å². The zero-order valence-corrected chi connectivity index (χ0v) is 13.4. The zero-order valence-electron chi connectivity index (χ0n) is 13.4. The van der Waals surface area contributed by atoms with Crippen molar-refractivity contribution in [2.75, 3.05) is 0 Å². The first kappa shape index (κ1) is 17.5. The molecule has 1 N–H and O–H groups in total. The largest absolute Gasteiger partial charge is 0.451 e. The second-order valence-corrected chi connectivity index (χ2v) is 5.10. The van der Waals surface area contributed by atoms with E-state index >= 15 is 0 Å². The Labute approximate surface area is 150 Å². The van der Waals surface area contributed by atoms with Crippen LogP contribution in [0.4, 0.5) is 11.6 Å². The van der Waals surface area contributed by atoms with Gasteiger partial charge in [0.05, 0.1) is 17.2 Å². The van der Waals surface area contributed by atoms with Crippen molar-refractivity contribution < 1.29 is 23.5 Å². The average molecular weight is 370 g/mol. The van der Waals surface area contributed by atoms with Gasteiger partial charge in [-0.3, -0.25) is 25.0 Å². The van der Waals surface area contributed by atoms with Gasteiger partial charge in [-0.1, -0.05) is 0 Å². The highest BCUT2D eigenvalue weighted by atomic mass is 16.6. The minimum Gasteiger partial charge on any atom is -0.451 e. The van der Waals surface area contributed by atoms with Crippen molar-refractivity contribution in [3.63, 3.8) is 0 Å². The first-order chi connectivity index (χ1) is 12.9. The van der Waals surface area contributed by atoms with Crippen LogP contribution in [-0.2, 0) is 0 Å². The summed E-state index contributed by atoms with van der Waals surface area (Å²) in [5.74, 6) is -0.693. The lowest BCUT2D eigenvalue weighted by Crippen LogP contribution is -2.16. The van der Waals surface area contributed by atoms with Crippen molar-refractivity contribution >= 4 is 23.7 Å². The van der Waals surface area contributed by atoms with Crippen LogP contribution in [-0.4, -0.2) is 22.0 Å². The van der Waals surface area contributed by atoms with Crippen molar-refractivity contribution in [1.82, 2.24) is 5.43 Å². The number of carbonyl (C=O) groups is 1. The molecule has 0 fully saturated rings. The number of hydrogen-bond acceptors (Lipinski definition) is 8. The van der Waals surface area contributed by atoms with Crippen LogP contribution in [0.25, 0.3) is 11.3 Å². The summed E-state index contributed by atoms with van der Waals surface area (Å²) >= 11 is 0. The third-order valence-corrected chi connectivity index (χ3v) is 3.34. The van der Waals surface area contributed by atoms with E-state index in [9.17, 15) is 25.0 Å². The maximum Gasteiger partial charge on any atom is 0.433 e. The number of nitrogens with one attached hydrogen (secondary N) is 1. The molecular formula is C16H10N4O7. The molecule has 0 aliphatic heterocycles. The average Bonchev–Trinajstić information content (AvgIpc) is 3.31. The first-order valence-electron chi connectivity index (χ1n) is 7.36. The molecule has 11 nitrogen and oxygen atoms in total. The minimum absolute atomic E-state index is 0.0362. The fourth-order valence-corrected chi connectivity index (χ4v) is 2.08. The summed E-state index contributed by atoms with van der Waals surface area (Å²) in [5, 5.41) is 24.8. The molecular weight excluding hydrogens is 360 g/mol. The summed E-state index contributed by atoms with van der Waals surface area (Å²) < 4.78 is 10.3. The molecule has 0 aliphatic rings. The Morgan fingerprint density at radius 1 is 0.963 bits per heavy atom. The Morgan fingerprint density at radius 3 is 2.33 bits per heavy atom. The predicted molar refractivity (Wildman–Crippen MR) is 91.2 cm³/mol. The Balaban J connectivity index is 1.64. The molecule has 3 rings (SSSR count). The van der Waals surface area contributed by atoms with Gasteiger partial charge in [0, 0.05) is 17.7 Å². The maximum absolute atomic E-state index is 12.0. The molecule has 0 radical (unpaired) electrons. The van der Waals surface area contributed by atoms with Crippen molar-refractivity contribution in [2.24, 2.45) is 5.10 Å². The van der Waals surface area contributed by atoms with E-state index in [1.807, 2.05) is 0 Å². The molecule has 2 heterocycles. The van der Waals surface area contributed by atoms with Crippen LogP contribution in [0.2, 0.25) is 0 Å². The first-order valence-corrected chi connectivity index (χ1v) is 7.36. The van der Waals surface area contributed by atoms with E-state index in [2.05, 4.69) is 10.5 Å². The van der Waals surface area contributed by atoms with Gasteiger partial charge < -0.3 is 8.83 Å². The van der Waals surface area contributed by atoms with Crippen LogP contribution in [0.5, 0.6) is 0 Å². The summed E-state index contributed by atoms with van der Waals surface area (Å²) in [6.07, 6.45) is 1.10. The maximum atomic E-state index is 12.0. The van der Waals surface area contributed by atoms with Crippen LogP contribution in [0.15, 0.2) is 62.5 Å². The van der Waals surface area contributed by atoms with E-state index in [1.165, 1.54) is 42.5 Å². The van der Waals surface area contributed by atoms with Gasteiger partial charge in [0.2, 0.25) is 0 Å². The molecule has 0 unspecified atom stereocenters. The monoisotopic (exact) mass is 370 g/mol. The smallest absolute Gasteiger partial charge is 0.433 e. The lowest BCUT2D eigenvalue weighted by molar-refractivity contribution is -0.402. The molecule has 0 bridgehead atoms. The van der Waals surface area contributed by atoms with Crippen molar-refractivity contribution in [3.05, 3.63) is 80.3 Å². The number of amides is 1. The van der Waals surface area contributed by atoms with Crippen LogP contribution >= 0.6 is 0 Å². The fourth-order valence-electron chi connectivity index (χ4n) is 2.08. The molecule has 0 aliphatic carbocycles. The summed E-state index contributed by atoms with van der Waals surface area (Å²) in [7, 11) is 0. The SMILES string of the molecule is O=C(N/N=C/c1ccc([N+](=O)[O-])o1)c1ccc(-c2ccc([N+](=O)[O-])cc2)o1. The van der Waals surface area contributed by atoms with Crippen LogP contribution in [0, 0.1) is 20.2 Å². The molecule has 27 heavy (non-hydrogen) atoms. The second-order valence-electron chi connectivity index (χ2n) is 5.10. The molecule has 0 atom stereocenters. The van der Waals surface area contributed by atoms with Gasteiger partial charge in [0.1, 0.15) is 10.7 Å². The van der Waals surface area contributed by atoms with Crippen LogP contribution < -0.4 is 5.43 Å². The van der Waals surface area contributed by atoms with Gasteiger partial charge in [-0.2, -0.15) is 5.10 Å². The Morgan fingerprint density at radius 2 is 1.70 bits per heavy atom. The number of rotatable bonds is 6. The molecule has 0 saturated carbocycles. The predicted octanol–water partition coefficient (Wildman–Crippen LogP) is 3.12. The van der Waals surface area contributed by atoms with Gasteiger partial charge in [-0.25, -0.2) is 5.43 Å².